The minimum absolute atomic E-state index is 0.159. The van der Waals surface area contributed by atoms with Crippen LogP contribution in [0.15, 0.2) is 24.3 Å². The second-order valence-corrected chi connectivity index (χ2v) is 5.15. The van der Waals surface area contributed by atoms with Gasteiger partial charge < -0.3 is 15.7 Å². The molecule has 0 bridgehead atoms. The third-order valence-electron chi connectivity index (χ3n) is 3.71. The number of carboxylic acids is 1. The van der Waals surface area contributed by atoms with Crippen molar-refractivity contribution in [3.63, 3.8) is 0 Å². The van der Waals surface area contributed by atoms with Crippen LogP contribution in [0.3, 0.4) is 0 Å². The van der Waals surface area contributed by atoms with Crippen molar-refractivity contribution in [3.05, 3.63) is 29.8 Å². The standard InChI is InChI=1S/C14H18N2O3/c1-14(13(18)19)6-3-7-16(14)12(17)9-10-4-2-5-11(15)8-10/h2,4-5,8H,3,6-7,9,15H2,1H3,(H,18,19). The third-order valence-corrected chi connectivity index (χ3v) is 3.71. The predicted octanol–water partition coefficient (Wildman–Crippen LogP) is 1.28. The molecule has 102 valence electrons. The smallest absolute Gasteiger partial charge is 0.329 e. The minimum Gasteiger partial charge on any atom is -0.480 e. The molecule has 1 aromatic carbocycles. The first kappa shape index (κ1) is 13.4. The molecule has 0 aromatic heterocycles. The molecule has 19 heavy (non-hydrogen) atoms. The summed E-state index contributed by atoms with van der Waals surface area (Å²) < 4.78 is 0. The van der Waals surface area contributed by atoms with Gasteiger partial charge in [-0.3, -0.25) is 4.79 Å². The summed E-state index contributed by atoms with van der Waals surface area (Å²) in [7, 11) is 0. The van der Waals surface area contributed by atoms with Crippen molar-refractivity contribution in [2.75, 3.05) is 12.3 Å². The number of hydrogen-bond acceptors (Lipinski definition) is 3. The summed E-state index contributed by atoms with van der Waals surface area (Å²) in [6.45, 7) is 2.11. The van der Waals surface area contributed by atoms with Crippen LogP contribution in [0, 0.1) is 0 Å². The summed E-state index contributed by atoms with van der Waals surface area (Å²) in [5.41, 5.74) is 6.01. The van der Waals surface area contributed by atoms with Crippen molar-refractivity contribution in [2.24, 2.45) is 0 Å². The van der Waals surface area contributed by atoms with Gasteiger partial charge in [-0.25, -0.2) is 4.79 Å². The fraction of sp³-hybridized carbons (Fsp3) is 0.429. The summed E-state index contributed by atoms with van der Waals surface area (Å²) >= 11 is 0. The minimum atomic E-state index is -1.07. The van der Waals surface area contributed by atoms with E-state index in [-0.39, 0.29) is 12.3 Å². The van der Waals surface area contributed by atoms with Crippen molar-refractivity contribution >= 4 is 17.6 Å². The number of anilines is 1. The van der Waals surface area contributed by atoms with E-state index < -0.39 is 11.5 Å². The molecule has 3 N–H and O–H groups in total. The molecule has 2 rings (SSSR count). The van der Waals surface area contributed by atoms with Gasteiger partial charge in [-0.2, -0.15) is 0 Å². The van der Waals surface area contributed by atoms with Crippen LogP contribution in [0.1, 0.15) is 25.3 Å². The Kier molecular flexibility index (Phi) is 3.46. The van der Waals surface area contributed by atoms with Crippen LogP contribution in [0.2, 0.25) is 0 Å². The average Bonchev–Trinajstić information content (AvgIpc) is 2.73. The van der Waals surface area contributed by atoms with Crippen molar-refractivity contribution in [1.29, 1.82) is 0 Å². The van der Waals surface area contributed by atoms with Gasteiger partial charge in [0.1, 0.15) is 5.54 Å². The molecule has 0 radical (unpaired) electrons. The van der Waals surface area contributed by atoms with Gasteiger partial charge >= 0.3 is 5.97 Å². The number of amides is 1. The second kappa shape index (κ2) is 4.91. The number of hydrogen-bond donors (Lipinski definition) is 2. The summed E-state index contributed by atoms with van der Waals surface area (Å²) in [4.78, 5) is 25.1. The van der Waals surface area contributed by atoms with E-state index in [1.807, 2.05) is 6.07 Å². The largest absolute Gasteiger partial charge is 0.480 e. The number of aliphatic carboxylic acids is 1. The Morgan fingerprint density at radius 2 is 2.21 bits per heavy atom. The molecule has 1 aromatic rings. The Hall–Kier alpha value is -2.04. The molecule has 1 atom stereocenters. The van der Waals surface area contributed by atoms with Crippen LogP contribution in [0.25, 0.3) is 0 Å². The zero-order chi connectivity index (χ0) is 14.0. The van der Waals surface area contributed by atoms with Crippen molar-refractivity contribution < 1.29 is 14.7 Å². The van der Waals surface area contributed by atoms with Gasteiger partial charge in [0.25, 0.3) is 0 Å². The van der Waals surface area contributed by atoms with E-state index >= 15 is 0 Å². The van der Waals surface area contributed by atoms with Crippen LogP contribution in [-0.2, 0) is 16.0 Å². The topological polar surface area (TPSA) is 83.6 Å². The van der Waals surface area contributed by atoms with Crippen molar-refractivity contribution in [2.45, 2.75) is 31.7 Å². The Labute approximate surface area is 112 Å². The molecule has 0 aliphatic carbocycles. The van der Waals surface area contributed by atoms with Crippen LogP contribution in [0.5, 0.6) is 0 Å². The van der Waals surface area contributed by atoms with Crippen LogP contribution in [0.4, 0.5) is 5.69 Å². The Bertz CT molecular complexity index is 515. The van der Waals surface area contributed by atoms with E-state index in [1.165, 1.54) is 4.90 Å². The first-order chi connectivity index (χ1) is 8.93. The van der Waals surface area contributed by atoms with E-state index in [0.29, 0.717) is 18.7 Å². The number of carbonyl (C=O) groups is 2. The monoisotopic (exact) mass is 262 g/mol. The maximum Gasteiger partial charge on any atom is 0.329 e. The molecule has 1 unspecified atom stereocenters. The Balaban J connectivity index is 2.14. The van der Waals surface area contributed by atoms with Crippen molar-refractivity contribution in [1.82, 2.24) is 4.90 Å². The maximum atomic E-state index is 12.3. The maximum absolute atomic E-state index is 12.3. The lowest BCUT2D eigenvalue weighted by Crippen LogP contribution is -2.51. The van der Waals surface area contributed by atoms with Crippen LogP contribution in [-0.4, -0.2) is 34.0 Å². The molecule has 1 aliphatic heterocycles. The van der Waals surface area contributed by atoms with Gasteiger partial charge in [0.2, 0.25) is 5.91 Å². The lowest BCUT2D eigenvalue weighted by Gasteiger charge is -2.31. The second-order valence-electron chi connectivity index (χ2n) is 5.15. The van der Waals surface area contributed by atoms with E-state index in [0.717, 1.165) is 12.0 Å². The van der Waals surface area contributed by atoms with Gasteiger partial charge in [-0.1, -0.05) is 12.1 Å². The molecule has 0 spiro atoms. The molecular formula is C14H18N2O3. The zero-order valence-electron chi connectivity index (χ0n) is 10.9. The van der Waals surface area contributed by atoms with E-state index in [2.05, 4.69) is 0 Å². The van der Waals surface area contributed by atoms with E-state index in [1.54, 1.807) is 25.1 Å². The molecule has 5 nitrogen and oxygen atoms in total. The van der Waals surface area contributed by atoms with Gasteiger partial charge in [0.15, 0.2) is 0 Å². The van der Waals surface area contributed by atoms with Gasteiger partial charge in [-0.15, -0.1) is 0 Å². The Morgan fingerprint density at radius 1 is 1.47 bits per heavy atom. The number of nitrogen functional groups attached to an aromatic ring is 1. The van der Waals surface area contributed by atoms with Crippen molar-refractivity contribution in [3.8, 4) is 0 Å². The lowest BCUT2D eigenvalue weighted by atomic mass is 9.98. The lowest BCUT2D eigenvalue weighted by molar-refractivity contribution is -0.155. The molecule has 5 heteroatoms. The molecule has 1 saturated heterocycles. The molecule has 1 amide bonds. The number of benzene rings is 1. The highest BCUT2D eigenvalue weighted by atomic mass is 16.4. The molecule has 1 fully saturated rings. The average molecular weight is 262 g/mol. The first-order valence-corrected chi connectivity index (χ1v) is 6.32. The predicted molar refractivity (Wildman–Crippen MR) is 71.5 cm³/mol. The van der Waals surface area contributed by atoms with Gasteiger partial charge in [0.05, 0.1) is 6.42 Å². The number of carbonyl (C=O) groups excluding carboxylic acids is 1. The number of carboxylic acid groups (broad SMARTS) is 1. The number of rotatable bonds is 3. The number of nitrogens with zero attached hydrogens (tertiary/aromatic N) is 1. The fourth-order valence-electron chi connectivity index (χ4n) is 2.56. The summed E-state index contributed by atoms with van der Waals surface area (Å²) in [6.07, 6.45) is 1.42. The highest BCUT2D eigenvalue weighted by Crippen LogP contribution is 2.29. The summed E-state index contributed by atoms with van der Waals surface area (Å²) in [6, 6.07) is 7.11. The van der Waals surface area contributed by atoms with E-state index in [4.69, 9.17) is 5.73 Å². The third kappa shape index (κ3) is 2.54. The zero-order valence-corrected chi connectivity index (χ0v) is 10.9. The molecular weight excluding hydrogens is 244 g/mol. The van der Waals surface area contributed by atoms with E-state index in [9.17, 15) is 14.7 Å². The number of likely N-dealkylation sites (tertiary alicyclic amines) is 1. The summed E-state index contributed by atoms with van der Waals surface area (Å²) in [5.74, 6) is -1.10. The first-order valence-electron chi connectivity index (χ1n) is 6.32. The summed E-state index contributed by atoms with van der Waals surface area (Å²) in [5, 5.41) is 9.29. The normalized spacial score (nSPS) is 22.5. The highest BCUT2D eigenvalue weighted by Gasteiger charge is 2.45. The molecule has 1 heterocycles. The molecule has 0 saturated carbocycles. The van der Waals surface area contributed by atoms with Gasteiger partial charge in [-0.05, 0) is 37.5 Å². The fourth-order valence-corrected chi connectivity index (χ4v) is 2.56. The number of nitrogens with two attached hydrogens (primary N) is 1. The Morgan fingerprint density at radius 3 is 2.84 bits per heavy atom. The quantitative estimate of drug-likeness (QED) is 0.804. The molecule has 1 aliphatic rings. The highest BCUT2D eigenvalue weighted by molar-refractivity contribution is 5.88. The van der Waals surface area contributed by atoms with Crippen LogP contribution >= 0.6 is 0 Å². The SMILES string of the molecule is CC1(C(=O)O)CCCN1C(=O)Cc1cccc(N)c1. The van der Waals surface area contributed by atoms with Gasteiger partial charge in [0, 0.05) is 12.2 Å². The van der Waals surface area contributed by atoms with Crippen LogP contribution < -0.4 is 5.73 Å².